The van der Waals surface area contributed by atoms with Gasteiger partial charge in [-0.05, 0) is 18.2 Å². The van der Waals surface area contributed by atoms with E-state index in [9.17, 15) is 5.11 Å². The number of hydrogen-bond acceptors (Lipinski definition) is 3. The molecule has 3 nitrogen and oxygen atoms in total. The summed E-state index contributed by atoms with van der Waals surface area (Å²) in [6.45, 7) is 0.701. The fraction of sp³-hybridized carbons (Fsp3) is 0.0769. The Morgan fingerprint density at radius 3 is 2.88 bits per heavy atom. The van der Waals surface area contributed by atoms with Crippen molar-refractivity contribution in [2.75, 3.05) is 5.32 Å². The second-order valence-electron chi connectivity index (χ2n) is 3.74. The summed E-state index contributed by atoms with van der Waals surface area (Å²) in [7, 11) is 0. The molecule has 1 heterocycles. The summed E-state index contributed by atoms with van der Waals surface area (Å²) in [5, 5.41) is 12.6. The molecule has 1 aliphatic heterocycles. The Hall–Kier alpha value is -2.16. The lowest BCUT2D eigenvalue weighted by molar-refractivity contribution is 0.466. The van der Waals surface area contributed by atoms with Crippen molar-refractivity contribution in [3.8, 4) is 17.2 Å². The minimum Gasteiger partial charge on any atom is -0.508 e. The van der Waals surface area contributed by atoms with Gasteiger partial charge in [-0.3, -0.25) is 0 Å². The maximum atomic E-state index is 9.40. The Morgan fingerprint density at radius 2 is 1.94 bits per heavy atom. The highest BCUT2D eigenvalue weighted by Gasteiger charge is 2.13. The van der Waals surface area contributed by atoms with Crippen LogP contribution in [0.3, 0.4) is 0 Å². The first kappa shape index (κ1) is 9.09. The van der Waals surface area contributed by atoms with Crippen molar-refractivity contribution >= 4 is 5.69 Å². The lowest BCUT2D eigenvalue weighted by Gasteiger charge is -2.07. The summed E-state index contributed by atoms with van der Waals surface area (Å²) in [4.78, 5) is 0. The van der Waals surface area contributed by atoms with Gasteiger partial charge in [0.2, 0.25) is 0 Å². The number of phenols is 1. The number of rotatable bonds is 0. The van der Waals surface area contributed by atoms with Crippen LogP contribution < -0.4 is 10.1 Å². The first-order chi connectivity index (χ1) is 7.83. The highest BCUT2D eigenvalue weighted by atomic mass is 16.5. The molecule has 3 rings (SSSR count). The molecule has 0 fully saturated rings. The third-order valence-electron chi connectivity index (χ3n) is 2.62. The van der Waals surface area contributed by atoms with Gasteiger partial charge in [-0.15, -0.1) is 0 Å². The Kier molecular flexibility index (Phi) is 1.96. The average Bonchev–Trinajstić information content (AvgIpc) is 2.48. The molecule has 0 bridgehead atoms. The zero-order valence-corrected chi connectivity index (χ0v) is 8.60. The fourth-order valence-corrected chi connectivity index (χ4v) is 1.80. The maximum Gasteiger partial charge on any atom is 0.150 e. The molecule has 2 aromatic rings. The third-order valence-corrected chi connectivity index (χ3v) is 2.62. The van der Waals surface area contributed by atoms with E-state index >= 15 is 0 Å². The SMILES string of the molecule is Oc1ccc2c(c1)NCc1ccccc1O2. The summed E-state index contributed by atoms with van der Waals surface area (Å²) < 4.78 is 5.78. The van der Waals surface area contributed by atoms with Crippen molar-refractivity contribution in [2.24, 2.45) is 0 Å². The molecule has 1 aliphatic rings. The van der Waals surface area contributed by atoms with E-state index < -0.39 is 0 Å². The predicted octanol–water partition coefficient (Wildman–Crippen LogP) is 3.11. The number of para-hydroxylation sites is 1. The first-order valence-corrected chi connectivity index (χ1v) is 5.15. The van der Waals surface area contributed by atoms with Gasteiger partial charge in [-0.1, -0.05) is 18.2 Å². The van der Waals surface area contributed by atoms with Crippen LogP contribution in [-0.4, -0.2) is 5.11 Å². The van der Waals surface area contributed by atoms with Crippen LogP contribution in [0, 0.1) is 0 Å². The van der Waals surface area contributed by atoms with Gasteiger partial charge in [0.1, 0.15) is 11.5 Å². The highest BCUT2D eigenvalue weighted by molar-refractivity contribution is 5.62. The van der Waals surface area contributed by atoms with Gasteiger partial charge < -0.3 is 15.2 Å². The molecule has 0 saturated carbocycles. The van der Waals surface area contributed by atoms with E-state index in [2.05, 4.69) is 5.32 Å². The maximum absolute atomic E-state index is 9.40. The van der Waals surface area contributed by atoms with Crippen LogP contribution in [-0.2, 0) is 6.54 Å². The summed E-state index contributed by atoms with van der Waals surface area (Å²) in [6.07, 6.45) is 0. The summed E-state index contributed by atoms with van der Waals surface area (Å²) in [5.74, 6) is 1.84. The van der Waals surface area contributed by atoms with E-state index in [1.54, 1.807) is 18.2 Å². The third kappa shape index (κ3) is 1.46. The van der Waals surface area contributed by atoms with Gasteiger partial charge >= 0.3 is 0 Å². The molecule has 16 heavy (non-hydrogen) atoms. The lowest BCUT2D eigenvalue weighted by atomic mass is 10.2. The van der Waals surface area contributed by atoms with Gasteiger partial charge in [0.15, 0.2) is 5.75 Å². The van der Waals surface area contributed by atoms with Crippen molar-refractivity contribution in [3.05, 3.63) is 48.0 Å². The van der Waals surface area contributed by atoms with E-state index in [4.69, 9.17) is 4.74 Å². The van der Waals surface area contributed by atoms with Crippen LogP contribution in [0.2, 0.25) is 0 Å². The molecule has 0 unspecified atom stereocenters. The zero-order valence-electron chi connectivity index (χ0n) is 8.60. The molecule has 2 aromatic carbocycles. The van der Waals surface area contributed by atoms with Gasteiger partial charge in [0, 0.05) is 18.2 Å². The van der Waals surface area contributed by atoms with Crippen molar-refractivity contribution < 1.29 is 9.84 Å². The molecule has 0 spiro atoms. The smallest absolute Gasteiger partial charge is 0.150 e. The number of anilines is 1. The second kappa shape index (κ2) is 3.45. The molecule has 3 heteroatoms. The van der Waals surface area contributed by atoms with Crippen molar-refractivity contribution in [1.29, 1.82) is 0 Å². The van der Waals surface area contributed by atoms with Crippen molar-refractivity contribution in [2.45, 2.75) is 6.54 Å². The number of benzene rings is 2. The molecule has 80 valence electrons. The van der Waals surface area contributed by atoms with Gasteiger partial charge in [0.25, 0.3) is 0 Å². The number of nitrogens with one attached hydrogen (secondary N) is 1. The Labute approximate surface area is 93.3 Å². The summed E-state index contributed by atoms with van der Waals surface area (Å²) in [6, 6.07) is 12.9. The van der Waals surface area contributed by atoms with Gasteiger partial charge in [0.05, 0.1) is 5.69 Å². The Bertz CT molecular complexity index is 537. The number of aromatic hydroxyl groups is 1. The first-order valence-electron chi connectivity index (χ1n) is 5.15. The standard InChI is InChI=1S/C13H11NO2/c15-10-5-6-13-11(7-10)14-8-9-3-1-2-4-12(9)16-13/h1-7,14-15H,8H2. The van der Waals surface area contributed by atoms with Crippen molar-refractivity contribution in [1.82, 2.24) is 0 Å². The number of hydrogen-bond donors (Lipinski definition) is 2. The second-order valence-corrected chi connectivity index (χ2v) is 3.74. The lowest BCUT2D eigenvalue weighted by Crippen LogP contribution is -1.96. The molecule has 0 atom stereocenters. The molecule has 0 aromatic heterocycles. The minimum atomic E-state index is 0.237. The fourth-order valence-electron chi connectivity index (χ4n) is 1.80. The predicted molar refractivity (Wildman–Crippen MR) is 61.9 cm³/mol. The van der Waals surface area contributed by atoms with Crippen LogP contribution in [0.5, 0.6) is 17.2 Å². The molecule has 0 aliphatic carbocycles. The van der Waals surface area contributed by atoms with E-state index in [1.165, 1.54) is 0 Å². The normalized spacial score (nSPS) is 12.8. The number of ether oxygens (including phenoxy) is 1. The topological polar surface area (TPSA) is 41.5 Å². The molecule has 0 saturated heterocycles. The molecule has 0 amide bonds. The number of fused-ring (bicyclic) bond motifs is 2. The van der Waals surface area contributed by atoms with E-state index in [0.717, 1.165) is 22.7 Å². The molecular formula is C13H11NO2. The zero-order chi connectivity index (χ0) is 11.0. The van der Waals surface area contributed by atoms with Crippen LogP contribution >= 0.6 is 0 Å². The largest absolute Gasteiger partial charge is 0.508 e. The van der Waals surface area contributed by atoms with Crippen LogP contribution in [0.1, 0.15) is 5.56 Å². The quantitative estimate of drug-likeness (QED) is 0.706. The number of phenolic OH excluding ortho intramolecular Hbond substituents is 1. The minimum absolute atomic E-state index is 0.237. The monoisotopic (exact) mass is 213 g/mol. The summed E-state index contributed by atoms with van der Waals surface area (Å²) in [5.41, 5.74) is 1.93. The van der Waals surface area contributed by atoms with Gasteiger partial charge in [-0.2, -0.15) is 0 Å². The van der Waals surface area contributed by atoms with Crippen molar-refractivity contribution in [3.63, 3.8) is 0 Å². The highest BCUT2D eigenvalue weighted by Crippen LogP contribution is 2.37. The van der Waals surface area contributed by atoms with E-state index in [1.807, 2.05) is 24.3 Å². The average molecular weight is 213 g/mol. The van der Waals surface area contributed by atoms with Crippen LogP contribution in [0.15, 0.2) is 42.5 Å². The molecule has 2 N–H and O–H groups in total. The summed E-state index contributed by atoms with van der Waals surface area (Å²) >= 11 is 0. The van der Waals surface area contributed by atoms with Crippen LogP contribution in [0.4, 0.5) is 5.69 Å². The van der Waals surface area contributed by atoms with Crippen LogP contribution in [0.25, 0.3) is 0 Å². The van der Waals surface area contributed by atoms with Gasteiger partial charge in [-0.25, -0.2) is 0 Å². The van der Waals surface area contributed by atoms with E-state index in [-0.39, 0.29) is 5.75 Å². The molecule has 0 radical (unpaired) electrons. The Morgan fingerprint density at radius 1 is 1.06 bits per heavy atom. The van der Waals surface area contributed by atoms with E-state index in [0.29, 0.717) is 6.54 Å². The Balaban J connectivity index is 2.08. The molecular weight excluding hydrogens is 202 g/mol.